The van der Waals surface area contributed by atoms with Crippen LogP contribution < -0.4 is 0 Å². The van der Waals surface area contributed by atoms with E-state index in [0.717, 1.165) is 22.6 Å². The van der Waals surface area contributed by atoms with Gasteiger partial charge < -0.3 is 0 Å². The van der Waals surface area contributed by atoms with Gasteiger partial charge in [-0.15, -0.1) is 0 Å². The van der Waals surface area contributed by atoms with Crippen molar-refractivity contribution in [3.8, 4) is 0 Å². The number of H-pyrrole nitrogens is 1. The normalized spacial score (nSPS) is 12.7. The molecule has 0 spiro atoms. The summed E-state index contributed by atoms with van der Waals surface area (Å²) in [6.07, 6.45) is 0. The van der Waals surface area contributed by atoms with Crippen LogP contribution in [0.25, 0.3) is 16.8 Å². The highest BCUT2D eigenvalue weighted by molar-refractivity contribution is 5.79. The van der Waals surface area contributed by atoms with Gasteiger partial charge in [-0.2, -0.15) is 5.10 Å². The molecule has 0 atom stereocenters. The van der Waals surface area contributed by atoms with Gasteiger partial charge in [-0.05, 0) is 12.1 Å². The number of aromatic nitrogens is 4. The molecule has 0 aliphatic carbocycles. The van der Waals surface area contributed by atoms with E-state index in [-0.39, 0.29) is 5.41 Å². The summed E-state index contributed by atoms with van der Waals surface area (Å²) in [5, 5.41) is 7.34. The number of hydrogen-bond donors (Lipinski definition) is 1. The van der Waals surface area contributed by atoms with Crippen LogP contribution >= 0.6 is 0 Å². The summed E-state index contributed by atoms with van der Waals surface area (Å²) in [4.78, 5) is 4.49. The van der Waals surface area contributed by atoms with Gasteiger partial charge in [-0.1, -0.05) is 32.9 Å². The number of hydrogen-bond acceptors (Lipinski definition) is 2. The van der Waals surface area contributed by atoms with Crippen molar-refractivity contribution in [3.63, 3.8) is 0 Å². The van der Waals surface area contributed by atoms with Gasteiger partial charge in [0.15, 0.2) is 0 Å². The summed E-state index contributed by atoms with van der Waals surface area (Å²) in [7, 11) is 0. The standard InChI is InChI=1S/C12H14N4/c1-12(2,3)10-14-15-11-13-8-6-4-5-7-9(8)16(10)11/h4-7H,1-3H3,(H,13,15). The molecule has 3 aromatic rings. The van der Waals surface area contributed by atoms with Crippen molar-refractivity contribution in [3.05, 3.63) is 30.1 Å². The topological polar surface area (TPSA) is 46.0 Å². The highest BCUT2D eigenvalue weighted by Crippen LogP contribution is 2.24. The van der Waals surface area contributed by atoms with Gasteiger partial charge in [-0.3, -0.25) is 4.40 Å². The zero-order chi connectivity index (χ0) is 11.3. The number of aromatic amines is 1. The van der Waals surface area contributed by atoms with E-state index >= 15 is 0 Å². The summed E-state index contributed by atoms with van der Waals surface area (Å²) >= 11 is 0. The quantitative estimate of drug-likeness (QED) is 0.625. The minimum atomic E-state index is 0.00171. The predicted octanol–water partition coefficient (Wildman–Crippen LogP) is 2.51. The third kappa shape index (κ3) is 1.16. The van der Waals surface area contributed by atoms with Crippen LogP contribution in [0.1, 0.15) is 26.6 Å². The lowest BCUT2D eigenvalue weighted by atomic mass is 9.96. The first-order chi connectivity index (χ1) is 7.57. The molecule has 0 fully saturated rings. The van der Waals surface area contributed by atoms with Crippen LogP contribution in [0.4, 0.5) is 0 Å². The third-order valence-electron chi connectivity index (χ3n) is 2.71. The van der Waals surface area contributed by atoms with Crippen LogP contribution in [-0.4, -0.2) is 19.6 Å². The molecule has 0 amide bonds. The highest BCUT2D eigenvalue weighted by atomic mass is 15.3. The summed E-state index contributed by atoms with van der Waals surface area (Å²) in [6, 6.07) is 8.11. The Morgan fingerprint density at radius 1 is 1.19 bits per heavy atom. The first-order valence-corrected chi connectivity index (χ1v) is 5.39. The lowest BCUT2D eigenvalue weighted by Crippen LogP contribution is -2.15. The van der Waals surface area contributed by atoms with Gasteiger partial charge >= 0.3 is 0 Å². The SMILES string of the molecule is CC(C)(C)c1n[nH]c2nc3ccccc3n12. The van der Waals surface area contributed by atoms with Crippen molar-refractivity contribution in [2.24, 2.45) is 0 Å². The van der Waals surface area contributed by atoms with E-state index in [9.17, 15) is 0 Å². The average Bonchev–Trinajstić information content (AvgIpc) is 2.73. The molecule has 0 aliphatic rings. The minimum absolute atomic E-state index is 0.00171. The molecule has 0 aliphatic heterocycles. The van der Waals surface area contributed by atoms with Gasteiger partial charge in [0.05, 0.1) is 11.0 Å². The van der Waals surface area contributed by atoms with Crippen LogP contribution in [0.15, 0.2) is 24.3 Å². The maximum atomic E-state index is 4.49. The maximum Gasteiger partial charge on any atom is 0.230 e. The monoisotopic (exact) mass is 214 g/mol. The predicted molar refractivity (Wildman–Crippen MR) is 63.5 cm³/mol. The first-order valence-electron chi connectivity index (χ1n) is 5.39. The number of imidazole rings is 1. The number of fused-ring (bicyclic) bond motifs is 3. The van der Waals surface area contributed by atoms with Crippen LogP contribution in [0, 0.1) is 0 Å². The zero-order valence-electron chi connectivity index (χ0n) is 9.65. The van der Waals surface area contributed by atoms with Crippen molar-refractivity contribution >= 4 is 16.8 Å². The number of benzene rings is 1. The van der Waals surface area contributed by atoms with E-state index in [4.69, 9.17) is 0 Å². The Hall–Kier alpha value is -1.84. The van der Waals surface area contributed by atoms with Crippen LogP contribution in [-0.2, 0) is 5.41 Å². The molecule has 2 heterocycles. The van der Waals surface area contributed by atoms with Crippen molar-refractivity contribution in [1.82, 2.24) is 19.6 Å². The molecule has 3 rings (SSSR count). The highest BCUT2D eigenvalue weighted by Gasteiger charge is 2.22. The summed E-state index contributed by atoms with van der Waals surface area (Å²) in [6.45, 7) is 6.45. The van der Waals surface area contributed by atoms with E-state index in [1.54, 1.807) is 0 Å². The lowest BCUT2D eigenvalue weighted by Gasteiger charge is -2.15. The Kier molecular flexibility index (Phi) is 1.67. The molecule has 1 aromatic carbocycles. The second-order valence-electron chi connectivity index (χ2n) is 5.06. The van der Waals surface area contributed by atoms with E-state index in [0.29, 0.717) is 0 Å². The number of nitrogens with zero attached hydrogens (tertiary/aromatic N) is 3. The first kappa shape index (κ1) is 9.39. The molecule has 2 aromatic heterocycles. The summed E-state index contributed by atoms with van der Waals surface area (Å²) in [5.41, 5.74) is 2.11. The van der Waals surface area contributed by atoms with E-state index in [1.165, 1.54) is 0 Å². The molecule has 4 nitrogen and oxygen atoms in total. The van der Waals surface area contributed by atoms with Crippen molar-refractivity contribution in [2.45, 2.75) is 26.2 Å². The molecule has 0 radical (unpaired) electrons. The Balaban J connectivity index is 2.48. The van der Waals surface area contributed by atoms with Crippen molar-refractivity contribution in [2.75, 3.05) is 0 Å². The molecule has 0 bridgehead atoms. The number of nitrogens with one attached hydrogen (secondary N) is 1. The van der Waals surface area contributed by atoms with Gasteiger partial charge in [0.1, 0.15) is 5.82 Å². The Morgan fingerprint density at radius 3 is 2.69 bits per heavy atom. The molecule has 16 heavy (non-hydrogen) atoms. The van der Waals surface area contributed by atoms with Gasteiger partial charge in [-0.25, -0.2) is 10.1 Å². The van der Waals surface area contributed by atoms with E-state index in [2.05, 4.69) is 46.4 Å². The minimum Gasteiger partial charge on any atom is -0.263 e. The smallest absolute Gasteiger partial charge is 0.230 e. The molecule has 4 heteroatoms. The summed E-state index contributed by atoms with van der Waals surface area (Å²) in [5.74, 6) is 1.82. The number of rotatable bonds is 0. The molecule has 0 saturated carbocycles. The zero-order valence-corrected chi connectivity index (χ0v) is 9.65. The van der Waals surface area contributed by atoms with Crippen LogP contribution in [0.5, 0.6) is 0 Å². The fourth-order valence-electron chi connectivity index (χ4n) is 1.97. The molecular weight excluding hydrogens is 200 g/mol. The molecule has 1 N–H and O–H groups in total. The molecule has 82 valence electrons. The largest absolute Gasteiger partial charge is 0.263 e. The Bertz CT molecular complexity index is 654. The number of para-hydroxylation sites is 2. The van der Waals surface area contributed by atoms with Gasteiger partial charge in [0.2, 0.25) is 5.78 Å². The van der Waals surface area contributed by atoms with Crippen molar-refractivity contribution < 1.29 is 0 Å². The second kappa shape index (κ2) is 2.84. The van der Waals surface area contributed by atoms with E-state index in [1.807, 2.05) is 18.2 Å². The van der Waals surface area contributed by atoms with Crippen LogP contribution in [0.3, 0.4) is 0 Å². The fraction of sp³-hybridized carbons (Fsp3) is 0.333. The molecule has 0 unspecified atom stereocenters. The Labute approximate surface area is 93.3 Å². The van der Waals surface area contributed by atoms with Gasteiger partial charge in [0.25, 0.3) is 0 Å². The molecular formula is C12H14N4. The average molecular weight is 214 g/mol. The maximum absolute atomic E-state index is 4.49. The lowest BCUT2D eigenvalue weighted by molar-refractivity contribution is 0.541. The molecule has 0 saturated heterocycles. The van der Waals surface area contributed by atoms with Gasteiger partial charge in [0, 0.05) is 5.41 Å². The van der Waals surface area contributed by atoms with Crippen LogP contribution in [0.2, 0.25) is 0 Å². The fourth-order valence-corrected chi connectivity index (χ4v) is 1.97. The Morgan fingerprint density at radius 2 is 1.94 bits per heavy atom. The second-order valence-corrected chi connectivity index (χ2v) is 5.06. The van der Waals surface area contributed by atoms with Crippen molar-refractivity contribution in [1.29, 1.82) is 0 Å². The third-order valence-corrected chi connectivity index (χ3v) is 2.71. The summed E-state index contributed by atoms with van der Waals surface area (Å²) < 4.78 is 2.09. The van der Waals surface area contributed by atoms with E-state index < -0.39 is 0 Å².